The van der Waals surface area contributed by atoms with Gasteiger partial charge in [-0.2, -0.15) is 5.10 Å². The maximum Gasteiger partial charge on any atom is 0.123 e. The number of rotatable bonds is 5. The molecule has 1 unspecified atom stereocenters. The quantitative estimate of drug-likeness (QED) is 0.893. The minimum Gasteiger partial charge on any atom is -0.305 e. The van der Waals surface area contributed by atoms with E-state index in [1.807, 2.05) is 24.6 Å². The second kappa shape index (κ2) is 6.50. The second-order valence-corrected chi connectivity index (χ2v) is 5.61. The van der Waals surface area contributed by atoms with Gasteiger partial charge >= 0.3 is 0 Å². The Kier molecular flexibility index (Phi) is 4.94. The molecule has 0 saturated heterocycles. The molecule has 3 nitrogen and oxygen atoms in total. The van der Waals surface area contributed by atoms with Gasteiger partial charge in [0.05, 0.1) is 15.9 Å². The molecule has 0 bridgehead atoms. The molecule has 5 heteroatoms. The summed E-state index contributed by atoms with van der Waals surface area (Å²) in [5.41, 5.74) is 3.05. The molecule has 0 amide bonds. The highest BCUT2D eigenvalue weighted by Crippen LogP contribution is 2.22. The summed E-state index contributed by atoms with van der Waals surface area (Å²) in [6.07, 6.45) is 0. The van der Waals surface area contributed by atoms with Crippen molar-refractivity contribution in [3.05, 3.63) is 51.5 Å². The number of hydrogen-bond acceptors (Lipinski definition) is 2. The van der Waals surface area contributed by atoms with Crippen molar-refractivity contribution in [1.29, 1.82) is 0 Å². The highest BCUT2D eigenvalue weighted by Gasteiger charge is 2.13. The van der Waals surface area contributed by atoms with Crippen molar-refractivity contribution in [2.45, 2.75) is 39.9 Å². The molecule has 0 spiro atoms. The first-order chi connectivity index (χ1) is 9.52. The van der Waals surface area contributed by atoms with Gasteiger partial charge in [0, 0.05) is 19.1 Å². The van der Waals surface area contributed by atoms with Gasteiger partial charge < -0.3 is 5.32 Å². The Bertz CT molecular complexity index is 595. The first kappa shape index (κ1) is 15.2. The fourth-order valence-electron chi connectivity index (χ4n) is 2.18. The van der Waals surface area contributed by atoms with Crippen molar-refractivity contribution in [1.82, 2.24) is 15.1 Å². The highest BCUT2D eigenvalue weighted by atomic mass is 79.9. The van der Waals surface area contributed by atoms with Crippen LogP contribution in [0.3, 0.4) is 0 Å². The summed E-state index contributed by atoms with van der Waals surface area (Å²) in [7, 11) is 0. The van der Waals surface area contributed by atoms with E-state index >= 15 is 0 Å². The van der Waals surface area contributed by atoms with Crippen LogP contribution in [-0.2, 0) is 13.1 Å². The van der Waals surface area contributed by atoms with Gasteiger partial charge in [0.2, 0.25) is 0 Å². The van der Waals surface area contributed by atoms with Gasteiger partial charge in [0.15, 0.2) is 0 Å². The third-order valence-electron chi connectivity index (χ3n) is 3.38. The summed E-state index contributed by atoms with van der Waals surface area (Å²) in [5.74, 6) is -0.202. The SMILES string of the molecule is CCn1nc(C)c(Br)c1CNC(C)c1cccc(F)c1. The summed E-state index contributed by atoms with van der Waals surface area (Å²) < 4.78 is 16.2. The third-order valence-corrected chi connectivity index (χ3v) is 4.41. The monoisotopic (exact) mass is 339 g/mol. The summed E-state index contributed by atoms with van der Waals surface area (Å²) in [5, 5.41) is 7.88. The second-order valence-electron chi connectivity index (χ2n) is 4.82. The molecule has 1 aromatic carbocycles. The average molecular weight is 340 g/mol. The van der Waals surface area contributed by atoms with E-state index in [9.17, 15) is 4.39 Å². The Morgan fingerprint density at radius 1 is 1.45 bits per heavy atom. The van der Waals surface area contributed by atoms with Crippen molar-refractivity contribution in [3.63, 3.8) is 0 Å². The van der Waals surface area contributed by atoms with Crippen LogP contribution in [0.5, 0.6) is 0 Å². The van der Waals surface area contributed by atoms with Gasteiger partial charge in [0.25, 0.3) is 0 Å². The molecule has 108 valence electrons. The van der Waals surface area contributed by atoms with E-state index in [0.717, 1.165) is 28.0 Å². The lowest BCUT2D eigenvalue weighted by atomic mass is 10.1. The predicted octanol–water partition coefficient (Wildman–Crippen LogP) is 3.96. The zero-order chi connectivity index (χ0) is 14.7. The van der Waals surface area contributed by atoms with Crippen LogP contribution in [0.15, 0.2) is 28.7 Å². The van der Waals surface area contributed by atoms with E-state index in [-0.39, 0.29) is 11.9 Å². The molecular weight excluding hydrogens is 321 g/mol. The van der Waals surface area contributed by atoms with E-state index < -0.39 is 0 Å². The number of nitrogens with zero attached hydrogens (tertiary/aromatic N) is 2. The van der Waals surface area contributed by atoms with Gasteiger partial charge in [0.1, 0.15) is 5.82 Å². The fourth-order valence-corrected chi connectivity index (χ4v) is 2.61. The van der Waals surface area contributed by atoms with Crippen molar-refractivity contribution in [3.8, 4) is 0 Å². The van der Waals surface area contributed by atoms with Crippen molar-refractivity contribution in [2.24, 2.45) is 0 Å². The maximum atomic E-state index is 13.2. The van der Waals surface area contributed by atoms with Crippen molar-refractivity contribution in [2.75, 3.05) is 0 Å². The molecule has 2 rings (SSSR count). The molecule has 20 heavy (non-hydrogen) atoms. The van der Waals surface area contributed by atoms with Gasteiger partial charge in [-0.25, -0.2) is 4.39 Å². The molecule has 1 heterocycles. The van der Waals surface area contributed by atoms with E-state index in [2.05, 4.69) is 33.3 Å². The first-order valence-corrected chi connectivity index (χ1v) is 7.52. The van der Waals surface area contributed by atoms with Crippen LogP contribution < -0.4 is 5.32 Å². The van der Waals surface area contributed by atoms with Crippen LogP contribution in [0.2, 0.25) is 0 Å². The van der Waals surface area contributed by atoms with Crippen molar-refractivity contribution >= 4 is 15.9 Å². The lowest BCUT2D eigenvalue weighted by Gasteiger charge is -2.15. The molecule has 0 radical (unpaired) electrons. The Morgan fingerprint density at radius 3 is 2.85 bits per heavy atom. The Hall–Kier alpha value is -1.20. The van der Waals surface area contributed by atoms with E-state index in [0.29, 0.717) is 6.54 Å². The van der Waals surface area contributed by atoms with E-state index in [1.54, 1.807) is 12.1 Å². The number of aromatic nitrogens is 2. The minimum atomic E-state index is -0.202. The van der Waals surface area contributed by atoms with Gasteiger partial charge in [-0.3, -0.25) is 4.68 Å². The Morgan fingerprint density at radius 2 is 2.20 bits per heavy atom. The predicted molar refractivity (Wildman–Crippen MR) is 82.0 cm³/mol. The molecule has 0 aliphatic rings. The molecule has 0 fully saturated rings. The molecule has 1 aromatic heterocycles. The first-order valence-electron chi connectivity index (χ1n) is 6.73. The summed E-state index contributed by atoms with van der Waals surface area (Å²) in [6, 6.07) is 6.77. The molecule has 0 aliphatic heterocycles. The van der Waals surface area contributed by atoms with E-state index in [4.69, 9.17) is 0 Å². The minimum absolute atomic E-state index is 0.0816. The standard InChI is InChI=1S/C15H19BrFN3/c1-4-20-14(15(16)11(3)19-20)9-18-10(2)12-6-5-7-13(17)8-12/h5-8,10,18H,4,9H2,1-3H3. The number of aryl methyl sites for hydroxylation is 2. The van der Waals surface area contributed by atoms with Crippen LogP contribution in [0.25, 0.3) is 0 Å². The summed E-state index contributed by atoms with van der Waals surface area (Å²) in [4.78, 5) is 0. The number of hydrogen-bond donors (Lipinski definition) is 1. The molecule has 0 aliphatic carbocycles. The molecule has 0 saturated carbocycles. The highest BCUT2D eigenvalue weighted by molar-refractivity contribution is 9.10. The van der Waals surface area contributed by atoms with Crippen LogP contribution in [0.4, 0.5) is 4.39 Å². The lowest BCUT2D eigenvalue weighted by molar-refractivity contribution is 0.526. The maximum absolute atomic E-state index is 13.2. The number of benzene rings is 1. The largest absolute Gasteiger partial charge is 0.305 e. The van der Waals surface area contributed by atoms with Gasteiger partial charge in [-0.15, -0.1) is 0 Å². The molecule has 2 aromatic rings. The van der Waals surface area contributed by atoms with Crippen molar-refractivity contribution < 1.29 is 4.39 Å². The fraction of sp³-hybridized carbons (Fsp3) is 0.400. The lowest BCUT2D eigenvalue weighted by Crippen LogP contribution is -2.20. The topological polar surface area (TPSA) is 29.9 Å². The summed E-state index contributed by atoms with van der Waals surface area (Å²) >= 11 is 3.58. The van der Waals surface area contributed by atoms with Gasteiger partial charge in [-0.05, 0) is 54.4 Å². The number of halogens is 2. The van der Waals surface area contributed by atoms with Crippen LogP contribution in [-0.4, -0.2) is 9.78 Å². The van der Waals surface area contributed by atoms with Crippen LogP contribution >= 0.6 is 15.9 Å². The molecule has 1 N–H and O–H groups in total. The Balaban J connectivity index is 2.09. The number of nitrogens with one attached hydrogen (secondary N) is 1. The zero-order valence-electron chi connectivity index (χ0n) is 12.0. The van der Waals surface area contributed by atoms with Crippen LogP contribution in [0, 0.1) is 12.7 Å². The average Bonchev–Trinajstić information content (AvgIpc) is 2.71. The Labute approximate surface area is 127 Å². The molecule has 1 atom stereocenters. The van der Waals surface area contributed by atoms with Gasteiger partial charge in [-0.1, -0.05) is 12.1 Å². The summed E-state index contributed by atoms with van der Waals surface area (Å²) in [6.45, 7) is 7.60. The zero-order valence-corrected chi connectivity index (χ0v) is 13.5. The van der Waals surface area contributed by atoms with E-state index in [1.165, 1.54) is 6.07 Å². The molecular formula is C15H19BrFN3. The smallest absolute Gasteiger partial charge is 0.123 e. The van der Waals surface area contributed by atoms with Crippen LogP contribution in [0.1, 0.15) is 36.8 Å². The third kappa shape index (κ3) is 3.27. The normalized spacial score (nSPS) is 12.7.